The first kappa shape index (κ1) is 17.0. The van der Waals surface area contributed by atoms with E-state index in [0.29, 0.717) is 16.4 Å². The Kier molecular flexibility index (Phi) is 4.01. The highest BCUT2D eigenvalue weighted by atomic mass is 35.5. The zero-order valence-electron chi connectivity index (χ0n) is 14.0. The number of para-hydroxylation sites is 1. The van der Waals surface area contributed by atoms with Crippen molar-refractivity contribution in [2.45, 2.75) is 6.92 Å². The van der Waals surface area contributed by atoms with Crippen molar-refractivity contribution in [1.82, 2.24) is 14.8 Å². The number of amides is 2. The van der Waals surface area contributed by atoms with Crippen molar-refractivity contribution in [2.75, 3.05) is 0 Å². The molecule has 1 aliphatic rings. The van der Waals surface area contributed by atoms with Gasteiger partial charge in [-0.2, -0.15) is 5.10 Å². The minimum Gasteiger partial charge on any atom is -0.324 e. The van der Waals surface area contributed by atoms with Crippen LogP contribution in [0.5, 0.6) is 0 Å². The van der Waals surface area contributed by atoms with E-state index >= 15 is 0 Å². The van der Waals surface area contributed by atoms with Gasteiger partial charge in [-0.1, -0.05) is 47.0 Å². The van der Waals surface area contributed by atoms with E-state index in [2.05, 4.69) is 5.10 Å². The van der Waals surface area contributed by atoms with Crippen LogP contribution in [0.2, 0.25) is 5.15 Å². The highest BCUT2D eigenvalue weighted by Gasteiger charge is 2.39. The standard InChI is InChI=1S/C19H12ClN3O4/c1-11-15(16(20)22(21-11)12-7-3-2-4-8-12)19(26)27-23-17(24)13-9-5-6-10-14(13)18(23)25/h2-10H,1H3. The molecule has 8 heteroatoms. The summed E-state index contributed by atoms with van der Waals surface area (Å²) in [7, 11) is 0. The van der Waals surface area contributed by atoms with E-state index in [4.69, 9.17) is 16.4 Å². The summed E-state index contributed by atoms with van der Waals surface area (Å²) < 4.78 is 1.38. The molecule has 0 atom stereocenters. The maximum atomic E-state index is 12.6. The smallest absolute Gasteiger partial charge is 0.324 e. The Labute approximate surface area is 158 Å². The van der Waals surface area contributed by atoms with Crippen LogP contribution in [0.1, 0.15) is 36.8 Å². The number of halogens is 1. The van der Waals surface area contributed by atoms with Crippen LogP contribution in [0, 0.1) is 6.92 Å². The molecule has 0 fully saturated rings. The molecule has 0 saturated heterocycles. The van der Waals surface area contributed by atoms with Gasteiger partial charge in [0.25, 0.3) is 11.8 Å². The van der Waals surface area contributed by atoms with Gasteiger partial charge in [0.15, 0.2) is 0 Å². The summed E-state index contributed by atoms with van der Waals surface area (Å²) in [6, 6.07) is 15.2. The average Bonchev–Trinajstić information content (AvgIpc) is 3.11. The second-order valence-electron chi connectivity index (χ2n) is 5.83. The number of carbonyl (C=O) groups is 3. The lowest BCUT2D eigenvalue weighted by Crippen LogP contribution is -2.32. The molecular weight excluding hydrogens is 370 g/mol. The molecule has 2 heterocycles. The largest absolute Gasteiger partial charge is 0.368 e. The molecule has 1 aromatic heterocycles. The van der Waals surface area contributed by atoms with Crippen LogP contribution < -0.4 is 0 Å². The molecule has 0 unspecified atom stereocenters. The normalized spacial score (nSPS) is 13.0. The number of imide groups is 1. The summed E-state index contributed by atoms with van der Waals surface area (Å²) in [4.78, 5) is 42.4. The summed E-state index contributed by atoms with van der Waals surface area (Å²) in [6.07, 6.45) is 0. The SMILES string of the molecule is Cc1nn(-c2ccccc2)c(Cl)c1C(=O)ON1C(=O)c2ccccc2C1=O. The van der Waals surface area contributed by atoms with E-state index in [0.717, 1.165) is 0 Å². The Bertz CT molecular complexity index is 1060. The molecule has 0 saturated carbocycles. The molecule has 4 rings (SSSR count). The van der Waals surface area contributed by atoms with Gasteiger partial charge < -0.3 is 4.84 Å². The third kappa shape index (κ3) is 2.69. The Morgan fingerprint density at radius 2 is 1.52 bits per heavy atom. The first-order valence-electron chi connectivity index (χ1n) is 7.99. The van der Waals surface area contributed by atoms with E-state index in [-0.39, 0.29) is 21.8 Å². The van der Waals surface area contributed by atoms with Crippen molar-refractivity contribution in [2.24, 2.45) is 0 Å². The molecule has 3 aromatic rings. The summed E-state index contributed by atoms with van der Waals surface area (Å²) >= 11 is 6.32. The summed E-state index contributed by atoms with van der Waals surface area (Å²) in [5.74, 6) is -2.34. The third-order valence-electron chi connectivity index (χ3n) is 4.14. The van der Waals surface area contributed by atoms with Crippen molar-refractivity contribution >= 4 is 29.4 Å². The molecule has 27 heavy (non-hydrogen) atoms. The van der Waals surface area contributed by atoms with Crippen LogP contribution >= 0.6 is 11.6 Å². The number of benzene rings is 2. The fraction of sp³-hybridized carbons (Fsp3) is 0.0526. The number of hydroxylamine groups is 2. The number of fused-ring (bicyclic) bond motifs is 1. The van der Waals surface area contributed by atoms with Gasteiger partial charge in [0.05, 0.1) is 22.5 Å². The first-order valence-corrected chi connectivity index (χ1v) is 8.37. The predicted octanol–water partition coefficient (Wildman–Crippen LogP) is 3.20. The van der Waals surface area contributed by atoms with Gasteiger partial charge in [-0.3, -0.25) is 9.59 Å². The Morgan fingerprint density at radius 1 is 0.963 bits per heavy atom. The first-order chi connectivity index (χ1) is 13.0. The lowest BCUT2D eigenvalue weighted by atomic mass is 10.1. The number of rotatable bonds is 3. The molecule has 7 nitrogen and oxygen atoms in total. The second kappa shape index (κ2) is 6.37. The number of carbonyl (C=O) groups excluding carboxylic acids is 3. The van der Waals surface area contributed by atoms with E-state index in [1.165, 1.54) is 16.8 Å². The lowest BCUT2D eigenvalue weighted by molar-refractivity contribution is -0.0585. The number of hydrogen-bond acceptors (Lipinski definition) is 5. The second-order valence-corrected chi connectivity index (χ2v) is 6.19. The molecule has 0 bridgehead atoms. The van der Waals surface area contributed by atoms with Crippen LogP contribution in [0.15, 0.2) is 54.6 Å². The summed E-state index contributed by atoms with van der Waals surface area (Å²) in [5.41, 5.74) is 1.31. The number of nitrogens with zero attached hydrogens (tertiary/aromatic N) is 3. The predicted molar refractivity (Wildman–Crippen MR) is 95.7 cm³/mol. The van der Waals surface area contributed by atoms with Crippen LogP contribution in [-0.4, -0.2) is 32.6 Å². The monoisotopic (exact) mass is 381 g/mol. The van der Waals surface area contributed by atoms with Crippen molar-refractivity contribution < 1.29 is 19.2 Å². The van der Waals surface area contributed by atoms with Crippen LogP contribution in [0.25, 0.3) is 5.69 Å². The maximum Gasteiger partial charge on any atom is 0.368 e. The quantitative estimate of drug-likeness (QED) is 0.651. The van der Waals surface area contributed by atoms with Crippen LogP contribution in [0.3, 0.4) is 0 Å². The average molecular weight is 382 g/mol. The van der Waals surface area contributed by atoms with Crippen molar-refractivity contribution in [3.8, 4) is 5.69 Å². The molecular formula is C19H12ClN3O4. The number of aryl methyl sites for hydroxylation is 1. The zero-order valence-corrected chi connectivity index (χ0v) is 14.8. The van der Waals surface area contributed by atoms with Gasteiger partial charge in [0, 0.05) is 0 Å². The van der Waals surface area contributed by atoms with E-state index in [9.17, 15) is 14.4 Å². The Hall–Kier alpha value is -3.45. The molecule has 134 valence electrons. The molecule has 0 N–H and O–H groups in total. The maximum absolute atomic E-state index is 12.6. The zero-order chi connectivity index (χ0) is 19.1. The number of aromatic nitrogens is 2. The van der Waals surface area contributed by atoms with Crippen LogP contribution in [0.4, 0.5) is 0 Å². The van der Waals surface area contributed by atoms with E-state index in [1.807, 2.05) is 6.07 Å². The van der Waals surface area contributed by atoms with E-state index in [1.54, 1.807) is 43.3 Å². The van der Waals surface area contributed by atoms with Gasteiger partial charge in [-0.15, -0.1) is 0 Å². The molecule has 0 radical (unpaired) electrons. The van der Waals surface area contributed by atoms with Crippen molar-refractivity contribution in [3.63, 3.8) is 0 Å². The minimum absolute atomic E-state index is 0.0166. The van der Waals surface area contributed by atoms with Crippen molar-refractivity contribution in [1.29, 1.82) is 0 Å². The molecule has 2 aromatic carbocycles. The molecule has 0 aliphatic carbocycles. The van der Waals surface area contributed by atoms with Gasteiger partial charge in [-0.25, -0.2) is 9.48 Å². The molecule has 0 spiro atoms. The summed E-state index contributed by atoms with van der Waals surface area (Å²) in [5, 5.41) is 4.72. The topological polar surface area (TPSA) is 81.5 Å². The highest BCUT2D eigenvalue weighted by molar-refractivity contribution is 6.33. The van der Waals surface area contributed by atoms with Gasteiger partial charge in [-0.05, 0) is 31.2 Å². The Balaban J connectivity index is 1.65. The minimum atomic E-state index is -0.936. The molecule has 2 amide bonds. The number of hydrogen-bond donors (Lipinski definition) is 0. The van der Waals surface area contributed by atoms with Gasteiger partial charge in [0.1, 0.15) is 10.7 Å². The fourth-order valence-corrected chi connectivity index (χ4v) is 3.20. The third-order valence-corrected chi connectivity index (χ3v) is 4.49. The Morgan fingerprint density at radius 3 is 2.11 bits per heavy atom. The van der Waals surface area contributed by atoms with E-state index < -0.39 is 17.8 Å². The molecule has 1 aliphatic heterocycles. The highest BCUT2D eigenvalue weighted by Crippen LogP contribution is 2.27. The van der Waals surface area contributed by atoms with Gasteiger partial charge in [0.2, 0.25) is 0 Å². The van der Waals surface area contributed by atoms with Crippen molar-refractivity contribution in [3.05, 3.63) is 82.1 Å². The van der Waals surface area contributed by atoms with Gasteiger partial charge >= 0.3 is 5.97 Å². The summed E-state index contributed by atoms with van der Waals surface area (Å²) in [6.45, 7) is 1.59. The fourth-order valence-electron chi connectivity index (χ4n) is 2.85. The van der Waals surface area contributed by atoms with Crippen LogP contribution in [-0.2, 0) is 4.84 Å². The lowest BCUT2D eigenvalue weighted by Gasteiger charge is -2.12.